The molecule has 49 heavy (non-hydrogen) atoms. The molecule has 0 N–H and O–H groups in total. The van der Waals surface area contributed by atoms with Gasteiger partial charge in [0, 0.05) is 49.2 Å². The molecule has 5 aromatic rings. The zero-order valence-corrected chi connectivity index (χ0v) is 27.4. The number of nitrogens with zero attached hydrogens (tertiary/aromatic N) is 8. The number of aromatic nitrogens is 6. The second-order valence-electron chi connectivity index (χ2n) is 12.4. The minimum atomic E-state index is -1.23. The molecule has 0 spiro atoms. The lowest BCUT2D eigenvalue weighted by molar-refractivity contribution is -0.117. The first kappa shape index (κ1) is 32.5. The highest BCUT2D eigenvalue weighted by Gasteiger charge is 2.45. The van der Waals surface area contributed by atoms with E-state index in [0.29, 0.717) is 5.75 Å². The predicted octanol–water partition coefficient (Wildman–Crippen LogP) is 4.55. The number of halogens is 2. The van der Waals surface area contributed by atoms with Gasteiger partial charge in [-0.15, -0.1) is 0 Å². The van der Waals surface area contributed by atoms with E-state index >= 15 is 0 Å². The van der Waals surface area contributed by atoms with Gasteiger partial charge in [0.25, 0.3) is 0 Å². The number of piperazine rings is 1. The molecule has 3 aromatic carbocycles. The Balaban J connectivity index is 0.925. The molecule has 14 heteroatoms. The summed E-state index contributed by atoms with van der Waals surface area (Å²) in [6.45, 7) is 7.66. The maximum absolute atomic E-state index is 14.9. The van der Waals surface area contributed by atoms with Crippen LogP contribution >= 0.6 is 0 Å². The number of rotatable bonds is 11. The highest BCUT2D eigenvalue weighted by Crippen LogP contribution is 2.37. The molecule has 0 radical (unpaired) electrons. The fourth-order valence-corrected chi connectivity index (χ4v) is 6.31. The van der Waals surface area contributed by atoms with Crippen LogP contribution in [0.4, 0.5) is 20.2 Å². The van der Waals surface area contributed by atoms with Gasteiger partial charge in [0.1, 0.15) is 48.6 Å². The Bertz CT molecular complexity index is 1910. The summed E-state index contributed by atoms with van der Waals surface area (Å²) in [7, 11) is 0. The maximum Gasteiger partial charge on any atom is 0.350 e. The molecule has 0 aliphatic carbocycles. The van der Waals surface area contributed by atoms with Crippen LogP contribution in [-0.2, 0) is 21.6 Å². The monoisotopic (exact) mass is 672 g/mol. The van der Waals surface area contributed by atoms with Crippen molar-refractivity contribution in [2.75, 3.05) is 49.2 Å². The second-order valence-corrected chi connectivity index (χ2v) is 12.4. The summed E-state index contributed by atoms with van der Waals surface area (Å²) in [5.41, 5.74) is 1.81. The molecule has 2 saturated heterocycles. The average molecular weight is 673 g/mol. The van der Waals surface area contributed by atoms with E-state index in [0.717, 1.165) is 55.7 Å². The normalized spacial score (nSPS) is 20.1. The lowest BCUT2D eigenvalue weighted by Gasteiger charge is -2.37. The van der Waals surface area contributed by atoms with E-state index in [1.807, 2.05) is 50.2 Å². The smallest absolute Gasteiger partial charge is 0.350 e. The Morgan fingerprint density at radius 3 is 2.22 bits per heavy atom. The van der Waals surface area contributed by atoms with E-state index in [2.05, 4.69) is 37.1 Å². The van der Waals surface area contributed by atoms with Gasteiger partial charge in [-0.25, -0.2) is 32.5 Å². The highest BCUT2D eigenvalue weighted by molar-refractivity contribution is 5.54. The first-order valence-corrected chi connectivity index (χ1v) is 16.4. The predicted molar refractivity (Wildman–Crippen MR) is 178 cm³/mol. The lowest BCUT2D eigenvalue weighted by atomic mass is 9.94. The topological polar surface area (TPSA) is 105 Å². The minimum Gasteiger partial charge on any atom is -0.488 e. The quantitative estimate of drug-likeness (QED) is 0.200. The first-order chi connectivity index (χ1) is 23.8. The summed E-state index contributed by atoms with van der Waals surface area (Å²) in [4.78, 5) is 21.4. The van der Waals surface area contributed by atoms with Crippen LogP contribution in [0.1, 0.15) is 31.9 Å². The molecule has 7 rings (SSSR count). The Morgan fingerprint density at radius 1 is 0.918 bits per heavy atom. The van der Waals surface area contributed by atoms with E-state index < -0.39 is 23.5 Å². The summed E-state index contributed by atoms with van der Waals surface area (Å²) in [5, 5.41) is 8.41. The third-order valence-corrected chi connectivity index (χ3v) is 9.23. The summed E-state index contributed by atoms with van der Waals surface area (Å²) >= 11 is 0. The van der Waals surface area contributed by atoms with Crippen LogP contribution in [-0.4, -0.2) is 74.8 Å². The van der Waals surface area contributed by atoms with Gasteiger partial charge >= 0.3 is 5.69 Å². The van der Waals surface area contributed by atoms with Gasteiger partial charge in [-0.1, -0.05) is 13.0 Å². The number of anilines is 2. The molecular formula is C35H38F2N8O4. The van der Waals surface area contributed by atoms with Gasteiger partial charge in [-0.2, -0.15) is 10.2 Å². The molecule has 3 unspecified atom stereocenters. The van der Waals surface area contributed by atoms with Crippen molar-refractivity contribution in [1.82, 2.24) is 29.1 Å². The van der Waals surface area contributed by atoms with Crippen molar-refractivity contribution in [3.8, 4) is 11.4 Å². The van der Waals surface area contributed by atoms with Crippen LogP contribution in [0.25, 0.3) is 5.69 Å². The Morgan fingerprint density at radius 2 is 1.59 bits per heavy atom. The van der Waals surface area contributed by atoms with Crippen molar-refractivity contribution >= 4 is 11.4 Å². The molecule has 0 saturated carbocycles. The van der Waals surface area contributed by atoms with Crippen molar-refractivity contribution in [2.45, 2.75) is 44.7 Å². The van der Waals surface area contributed by atoms with Gasteiger partial charge in [0.05, 0.1) is 24.9 Å². The van der Waals surface area contributed by atoms with Gasteiger partial charge < -0.3 is 24.0 Å². The maximum atomic E-state index is 14.9. The van der Waals surface area contributed by atoms with Crippen molar-refractivity contribution in [2.24, 2.45) is 0 Å². The van der Waals surface area contributed by atoms with E-state index in [1.165, 1.54) is 34.2 Å². The molecule has 0 bridgehead atoms. The molecule has 256 valence electrons. The molecule has 4 heterocycles. The van der Waals surface area contributed by atoms with Crippen molar-refractivity contribution in [3.05, 3.63) is 113 Å². The van der Waals surface area contributed by atoms with Gasteiger partial charge in [0.15, 0.2) is 6.29 Å². The SMILES string of the molecule is CCC(C)n1ncn(-c2ccc(N3CCN(c4ccc(OCC5OCC(Cn6cncn6)(c6ccc(F)cc6F)O5)cc4)CC3)cc2)c1=O. The summed E-state index contributed by atoms with van der Waals surface area (Å²) in [6.07, 6.45) is 4.53. The number of hydrogen-bond acceptors (Lipinski definition) is 9. The Hall–Kier alpha value is -5.08. The second kappa shape index (κ2) is 13.8. The van der Waals surface area contributed by atoms with Crippen LogP contribution < -0.4 is 20.2 Å². The molecule has 12 nitrogen and oxygen atoms in total. The largest absolute Gasteiger partial charge is 0.488 e. The lowest BCUT2D eigenvalue weighted by Crippen LogP contribution is -2.46. The molecule has 0 amide bonds. The van der Waals surface area contributed by atoms with E-state index in [4.69, 9.17) is 14.2 Å². The third-order valence-electron chi connectivity index (χ3n) is 9.23. The van der Waals surface area contributed by atoms with Crippen molar-refractivity contribution < 1.29 is 23.0 Å². The highest BCUT2D eigenvalue weighted by atomic mass is 19.1. The van der Waals surface area contributed by atoms with Crippen molar-refractivity contribution in [1.29, 1.82) is 0 Å². The summed E-state index contributed by atoms with van der Waals surface area (Å²) < 4.78 is 51.3. The third kappa shape index (κ3) is 6.78. The first-order valence-electron chi connectivity index (χ1n) is 16.4. The van der Waals surface area contributed by atoms with Crippen molar-refractivity contribution in [3.63, 3.8) is 0 Å². The standard InChI is InChI=1S/C35H38F2N8O4/c1-3-25(2)45-34(46)44(24-40-45)29-7-5-27(6-8-29)41-14-16-42(17-15-41)28-9-11-30(12-10-28)47-19-33-48-21-35(49-33,20-43-23-38-22-39-43)31-13-4-26(36)18-32(31)37/h4-13,18,22-25,33H,3,14-17,19-21H2,1-2H3. The van der Waals surface area contributed by atoms with E-state index in [-0.39, 0.29) is 37.1 Å². The minimum absolute atomic E-state index is 0.0303. The Kier molecular flexibility index (Phi) is 9.15. The number of ether oxygens (including phenoxy) is 3. The zero-order valence-electron chi connectivity index (χ0n) is 27.4. The Labute approximate surface area is 282 Å². The van der Waals surface area contributed by atoms with Crippen LogP contribution in [0, 0.1) is 11.6 Å². The van der Waals surface area contributed by atoms with Gasteiger partial charge in [-0.3, -0.25) is 0 Å². The molecule has 2 fully saturated rings. The molecule has 2 aliphatic rings. The fourth-order valence-electron chi connectivity index (χ4n) is 6.31. The van der Waals surface area contributed by atoms with Gasteiger partial charge in [0.2, 0.25) is 0 Å². The van der Waals surface area contributed by atoms with E-state index in [9.17, 15) is 13.6 Å². The van der Waals surface area contributed by atoms with Crippen LogP contribution in [0.2, 0.25) is 0 Å². The summed E-state index contributed by atoms with van der Waals surface area (Å²) in [5.74, 6) is -0.752. The molecule has 3 atom stereocenters. The zero-order chi connectivity index (χ0) is 34.0. The van der Waals surface area contributed by atoms with E-state index in [1.54, 1.807) is 10.9 Å². The summed E-state index contributed by atoms with van der Waals surface area (Å²) in [6, 6.07) is 19.3. The van der Waals surface area contributed by atoms with Crippen LogP contribution in [0.15, 0.2) is 90.5 Å². The average Bonchev–Trinajstić information content (AvgIpc) is 3.88. The molecule has 2 aliphatic heterocycles. The number of benzene rings is 3. The van der Waals surface area contributed by atoms with Crippen LogP contribution in [0.3, 0.4) is 0 Å². The van der Waals surface area contributed by atoms with Gasteiger partial charge in [-0.05, 0) is 67.9 Å². The van der Waals surface area contributed by atoms with Crippen LogP contribution in [0.5, 0.6) is 5.75 Å². The molecular weight excluding hydrogens is 634 g/mol. The molecule has 2 aromatic heterocycles. The number of hydrogen-bond donors (Lipinski definition) is 0. The fraction of sp³-hybridized carbons (Fsp3) is 0.371.